The van der Waals surface area contributed by atoms with Crippen LogP contribution in [0.5, 0.6) is 0 Å². The number of rotatable bonds is 5. The maximum Gasteiger partial charge on any atom is 0.317 e. The van der Waals surface area contributed by atoms with Crippen molar-refractivity contribution in [1.82, 2.24) is 10.2 Å². The van der Waals surface area contributed by atoms with Gasteiger partial charge >= 0.3 is 6.03 Å². The van der Waals surface area contributed by atoms with Crippen LogP contribution in [0.15, 0.2) is 0 Å². The van der Waals surface area contributed by atoms with Crippen LogP contribution >= 0.6 is 0 Å². The Kier molecular flexibility index (Phi) is 6.38. The minimum atomic E-state index is 0.140. The lowest BCUT2D eigenvalue weighted by Crippen LogP contribution is -2.46. The number of nitrogens with zero attached hydrogens (tertiary/aromatic N) is 1. The minimum Gasteiger partial charge on any atom is -0.336 e. The monoisotopic (exact) mass is 240 g/mol. The molecule has 0 spiro atoms. The van der Waals surface area contributed by atoms with Gasteiger partial charge in [-0.3, -0.25) is 0 Å². The molecule has 17 heavy (non-hydrogen) atoms. The smallest absolute Gasteiger partial charge is 0.317 e. The summed E-state index contributed by atoms with van der Waals surface area (Å²) in [6, 6.07) is 0.453. The molecular formula is C14H28N2O. The third-order valence-electron chi connectivity index (χ3n) is 3.68. The van der Waals surface area contributed by atoms with Gasteiger partial charge in [0.1, 0.15) is 0 Å². The van der Waals surface area contributed by atoms with E-state index in [1.54, 1.807) is 0 Å². The summed E-state index contributed by atoms with van der Waals surface area (Å²) in [6.07, 6.45) is 7.13. The van der Waals surface area contributed by atoms with E-state index in [1.807, 2.05) is 4.90 Å². The van der Waals surface area contributed by atoms with Gasteiger partial charge in [0.2, 0.25) is 0 Å². The van der Waals surface area contributed by atoms with Crippen molar-refractivity contribution < 1.29 is 4.79 Å². The van der Waals surface area contributed by atoms with Gasteiger partial charge in [0.15, 0.2) is 0 Å². The van der Waals surface area contributed by atoms with E-state index < -0.39 is 0 Å². The van der Waals surface area contributed by atoms with Gasteiger partial charge in [0.05, 0.1) is 0 Å². The molecule has 100 valence electrons. The number of urea groups is 1. The Labute approximate surface area is 106 Å². The largest absolute Gasteiger partial charge is 0.336 e. The molecule has 0 aromatic carbocycles. The summed E-state index contributed by atoms with van der Waals surface area (Å²) in [5, 5.41) is 3.11. The summed E-state index contributed by atoms with van der Waals surface area (Å²) in [6.45, 7) is 8.43. The molecule has 0 aromatic rings. The van der Waals surface area contributed by atoms with Crippen LogP contribution in [0.4, 0.5) is 4.79 Å². The van der Waals surface area contributed by atoms with E-state index in [4.69, 9.17) is 0 Å². The summed E-state index contributed by atoms with van der Waals surface area (Å²) >= 11 is 0. The summed E-state index contributed by atoms with van der Waals surface area (Å²) in [5.74, 6) is 0.779. The maximum atomic E-state index is 12.0. The van der Waals surface area contributed by atoms with Crippen molar-refractivity contribution in [2.75, 3.05) is 13.1 Å². The number of likely N-dealkylation sites (tertiary alicyclic amines) is 1. The Bertz CT molecular complexity index is 222. The highest BCUT2D eigenvalue weighted by atomic mass is 16.2. The van der Waals surface area contributed by atoms with Crippen molar-refractivity contribution in [2.45, 2.75) is 65.3 Å². The molecule has 1 aliphatic heterocycles. The SMILES string of the molecule is CCCCCC(C)NC(=O)N1CCC(C)CC1. The Morgan fingerprint density at radius 1 is 1.35 bits per heavy atom. The maximum absolute atomic E-state index is 12.0. The van der Waals surface area contributed by atoms with Crippen LogP contribution in [0.3, 0.4) is 0 Å². The van der Waals surface area contributed by atoms with Crippen molar-refractivity contribution >= 4 is 6.03 Å². The molecule has 1 aliphatic rings. The second-order valence-corrected chi connectivity index (χ2v) is 5.52. The predicted molar refractivity (Wildman–Crippen MR) is 72.1 cm³/mol. The van der Waals surface area contributed by atoms with Crippen molar-refractivity contribution in [3.05, 3.63) is 0 Å². The molecule has 3 heteroatoms. The summed E-state index contributed by atoms with van der Waals surface area (Å²) < 4.78 is 0. The topological polar surface area (TPSA) is 32.3 Å². The second-order valence-electron chi connectivity index (χ2n) is 5.52. The second kappa shape index (κ2) is 7.57. The van der Waals surface area contributed by atoms with Crippen molar-refractivity contribution in [3.8, 4) is 0 Å². The fraction of sp³-hybridized carbons (Fsp3) is 0.929. The van der Waals surface area contributed by atoms with Gasteiger partial charge < -0.3 is 10.2 Å². The Hall–Kier alpha value is -0.730. The molecule has 0 aromatic heterocycles. The number of piperidine rings is 1. The highest BCUT2D eigenvalue weighted by molar-refractivity contribution is 5.74. The normalized spacial score (nSPS) is 19.1. The van der Waals surface area contributed by atoms with E-state index in [0.29, 0.717) is 6.04 Å². The first kappa shape index (κ1) is 14.3. The zero-order valence-electron chi connectivity index (χ0n) is 11.7. The number of hydrogen-bond acceptors (Lipinski definition) is 1. The molecule has 3 nitrogen and oxygen atoms in total. The number of carbonyl (C=O) groups is 1. The zero-order chi connectivity index (χ0) is 12.7. The van der Waals surface area contributed by atoms with Gasteiger partial charge in [0.25, 0.3) is 0 Å². The summed E-state index contributed by atoms with van der Waals surface area (Å²) in [5.41, 5.74) is 0. The van der Waals surface area contributed by atoms with Gasteiger partial charge in [-0.15, -0.1) is 0 Å². The number of carbonyl (C=O) groups excluding carboxylic acids is 1. The van der Waals surface area contributed by atoms with E-state index in [2.05, 4.69) is 26.1 Å². The molecule has 0 aliphatic carbocycles. The fourth-order valence-corrected chi connectivity index (χ4v) is 2.29. The zero-order valence-corrected chi connectivity index (χ0v) is 11.7. The van der Waals surface area contributed by atoms with Crippen LogP contribution in [-0.4, -0.2) is 30.1 Å². The Morgan fingerprint density at radius 3 is 2.59 bits per heavy atom. The van der Waals surface area contributed by atoms with Crippen LogP contribution in [-0.2, 0) is 0 Å². The van der Waals surface area contributed by atoms with Crippen molar-refractivity contribution in [3.63, 3.8) is 0 Å². The third-order valence-corrected chi connectivity index (χ3v) is 3.68. The lowest BCUT2D eigenvalue weighted by Gasteiger charge is -2.31. The first-order valence-electron chi connectivity index (χ1n) is 7.19. The highest BCUT2D eigenvalue weighted by Crippen LogP contribution is 2.16. The lowest BCUT2D eigenvalue weighted by atomic mass is 9.99. The highest BCUT2D eigenvalue weighted by Gasteiger charge is 2.20. The standard InChI is InChI=1S/C14H28N2O/c1-4-5-6-7-13(3)15-14(17)16-10-8-12(2)9-11-16/h12-13H,4-11H2,1-3H3,(H,15,17). The average Bonchev–Trinajstić information content (AvgIpc) is 2.30. The van der Waals surface area contributed by atoms with Gasteiger partial charge in [0, 0.05) is 19.1 Å². The molecule has 0 radical (unpaired) electrons. The number of unbranched alkanes of at least 4 members (excludes halogenated alkanes) is 2. The lowest BCUT2D eigenvalue weighted by molar-refractivity contribution is 0.170. The molecule has 2 amide bonds. The van der Waals surface area contributed by atoms with Crippen LogP contribution in [0, 0.1) is 5.92 Å². The van der Waals surface area contributed by atoms with E-state index >= 15 is 0 Å². The van der Waals surface area contributed by atoms with E-state index in [0.717, 1.165) is 38.3 Å². The first-order valence-corrected chi connectivity index (χ1v) is 7.19. The number of amides is 2. The number of nitrogens with one attached hydrogen (secondary N) is 1. The molecule has 0 saturated carbocycles. The number of hydrogen-bond donors (Lipinski definition) is 1. The predicted octanol–water partition coefficient (Wildman–Crippen LogP) is 3.40. The molecular weight excluding hydrogens is 212 g/mol. The molecule has 1 atom stereocenters. The molecule has 1 saturated heterocycles. The van der Waals surface area contributed by atoms with Crippen LogP contribution in [0.1, 0.15) is 59.3 Å². The third kappa shape index (κ3) is 5.42. The van der Waals surface area contributed by atoms with Crippen molar-refractivity contribution in [2.24, 2.45) is 5.92 Å². The van der Waals surface area contributed by atoms with Crippen LogP contribution < -0.4 is 5.32 Å². The molecule has 0 bridgehead atoms. The van der Waals surface area contributed by atoms with E-state index in [1.165, 1.54) is 19.3 Å². The fourth-order valence-electron chi connectivity index (χ4n) is 2.29. The average molecular weight is 240 g/mol. The van der Waals surface area contributed by atoms with Crippen molar-refractivity contribution in [1.29, 1.82) is 0 Å². The van der Waals surface area contributed by atoms with Crippen LogP contribution in [0.2, 0.25) is 0 Å². The summed E-state index contributed by atoms with van der Waals surface area (Å²) in [4.78, 5) is 13.9. The Morgan fingerprint density at radius 2 is 2.00 bits per heavy atom. The van der Waals surface area contributed by atoms with E-state index in [-0.39, 0.29) is 6.03 Å². The van der Waals surface area contributed by atoms with Gasteiger partial charge in [-0.2, -0.15) is 0 Å². The van der Waals surface area contributed by atoms with Gasteiger partial charge in [-0.25, -0.2) is 4.79 Å². The van der Waals surface area contributed by atoms with Crippen LogP contribution in [0.25, 0.3) is 0 Å². The van der Waals surface area contributed by atoms with E-state index in [9.17, 15) is 4.79 Å². The molecule has 1 heterocycles. The van der Waals surface area contributed by atoms with Gasteiger partial charge in [-0.05, 0) is 32.1 Å². The molecule has 1 fully saturated rings. The molecule has 1 rings (SSSR count). The van der Waals surface area contributed by atoms with Gasteiger partial charge in [-0.1, -0.05) is 33.1 Å². The molecule has 1 N–H and O–H groups in total. The summed E-state index contributed by atoms with van der Waals surface area (Å²) in [7, 11) is 0. The molecule has 1 unspecified atom stereocenters. The minimum absolute atomic E-state index is 0.140. The first-order chi connectivity index (χ1) is 8.13. The quantitative estimate of drug-likeness (QED) is 0.734. The Balaban J connectivity index is 2.19.